The normalized spacial score (nSPS) is 9.94. The Morgan fingerprint density at radius 3 is 2.59 bits per heavy atom. The largest absolute Gasteiger partial charge is 0.490 e. The van der Waals surface area contributed by atoms with E-state index in [9.17, 15) is 0 Å². The maximum Gasteiger partial charge on any atom is 0.230 e. The lowest BCUT2D eigenvalue weighted by Crippen LogP contribution is -2.10. The van der Waals surface area contributed by atoms with Crippen molar-refractivity contribution >= 4 is 22.6 Å². The molecule has 0 aliphatic carbocycles. The molecule has 2 rings (SSSR count). The first-order valence-corrected chi connectivity index (χ1v) is 6.20. The Morgan fingerprint density at radius 1 is 1.06 bits per heavy atom. The number of halogens is 1. The van der Waals surface area contributed by atoms with Crippen molar-refractivity contribution in [3.05, 3.63) is 46.4 Å². The van der Waals surface area contributed by atoms with E-state index in [-0.39, 0.29) is 0 Å². The lowest BCUT2D eigenvalue weighted by molar-refractivity contribution is 0.210. The van der Waals surface area contributed by atoms with Crippen LogP contribution in [0, 0.1) is 3.57 Å². The van der Waals surface area contributed by atoms with E-state index in [0.29, 0.717) is 19.1 Å². The summed E-state index contributed by atoms with van der Waals surface area (Å²) in [5.41, 5.74) is 0. The third kappa shape index (κ3) is 3.85. The highest BCUT2D eigenvalue weighted by Gasteiger charge is 2.01. The average Bonchev–Trinajstić information content (AvgIpc) is 2.38. The Morgan fingerprint density at radius 2 is 1.82 bits per heavy atom. The highest BCUT2D eigenvalue weighted by molar-refractivity contribution is 14.1. The number of hydrogen-bond acceptors (Lipinski definition) is 4. The molecule has 1 aromatic carbocycles. The summed E-state index contributed by atoms with van der Waals surface area (Å²) in [6.07, 6.45) is 3.18. The van der Waals surface area contributed by atoms with Crippen molar-refractivity contribution in [3.63, 3.8) is 0 Å². The van der Waals surface area contributed by atoms with Gasteiger partial charge in [-0.1, -0.05) is 18.2 Å². The first kappa shape index (κ1) is 12.1. The molecular formula is C12H11IN2O2. The number of para-hydroxylation sites is 1. The van der Waals surface area contributed by atoms with Crippen LogP contribution in [-0.4, -0.2) is 23.2 Å². The lowest BCUT2D eigenvalue weighted by Gasteiger charge is -2.08. The van der Waals surface area contributed by atoms with Crippen LogP contribution in [-0.2, 0) is 0 Å². The molecule has 0 saturated carbocycles. The Bertz CT molecular complexity index is 465. The SMILES string of the molecule is Ic1cncnc1OCCOc1ccccc1. The molecule has 88 valence electrons. The predicted octanol–water partition coefficient (Wildman–Crippen LogP) is 2.54. The summed E-state index contributed by atoms with van der Waals surface area (Å²) in [5, 5.41) is 0. The quantitative estimate of drug-likeness (QED) is 0.619. The van der Waals surface area contributed by atoms with Crippen LogP contribution >= 0.6 is 22.6 Å². The average molecular weight is 342 g/mol. The third-order valence-corrected chi connectivity index (χ3v) is 2.71. The van der Waals surface area contributed by atoms with Crippen molar-refractivity contribution in [3.8, 4) is 11.6 Å². The van der Waals surface area contributed by atoms with Gasteiger partial charge in [-0.15, -0.1) is 0 Å². The zero-order valence-electron chi connectivity index (χ0n) is 9.04. The van der Waals surface area contributed by atoms with Crippen LogP contribution in [0.2, 0.25) is 0 Å². The zero-order valence-corrected chi connectivity index (χ0v) is 11.2. The Kier molecular flexibility index (Phi) is 4.54. The fraction of sp³-hybridized carbons (Fsp3) is 0.167. The summed E-state index contributed by atoms with van der Waals surface area (Å²) >= 11 is 2.13. The van der Waals surface area contributed by atoms with Gasteiger partial charge in [0.05, 0.1) is 3.57 Å². The minimum absolute atomic E-state index is 0.460. The molecule has 0 amide bonds. The minimum atomic E-state index is 0.460. The fourth-order valence-electron chi connectivity index (χ4n) is 1.22. The number of ether oxygens (including phenoxy) is 2. The molecule has 0 fully saturated rings. The van der Waals surface area contributed by atoms with E-state index in [0.717, 1.165) is 9.32 Å². The number of hydrogen-bond donors (Lipinski definition) is 0. The maximum absolute atomic E-state index is 5.50. The molecule has 0 unspecified atom stereocenters. The van der Waals surface area contributed by atoms with Gasteiger partial charge in [-0.3, -0.25) is 0 Å². The molecule has 0 spiro atoms. The van der Waals surface area contributed by atoms with Crippen molar-refractivity contribution in [1.29, 1.82) is 0 Å². The molecule has 0 radical (unpaired) electrons. The molecule has 4 nitrogen and oxygen atoms in total. The minimum Gasteiger partial charge on any atom is -0.490 e. The molecule has 0 aliphatic heterocycles. The fourth-order valence-corrected chi connectivity index (χ4v) is 1.68. The summed E-state index contributed by atoms with van der Waals surface area (Å²) in [4.78, 5) is 7.92. The van der Waals surface area contributed by atoms with E-state index in [1.807, 2.05) is 30.3 Å². The molecule has 17 heavy (non-hydrogen) atoms. The number of benzene rings is 1. The molecule has 0 saturated heterocycles. The third-order valence-electron chi connectivity index (χ3n) is 1.97. The van der Waals surface area contributed by atoms with Crippen molar-refractivity contribution < 1.29 is 9.47 Å². The number of nitrogens with zero attached hydrogens (tertiary/aromatic N) is 2. The van der Waals surface area contributed by atoms with Gasteiger partial charge in [0.15, 0.2) is 0 Å². The highest BCUT2D eigenvalue weighted by Crippen LogP contribution is 2.15. The molecule has 1 aromatic heterocycles. The Hall–Kier alpha value is -1.37. The first-order valence-electron chi connectivity index (χ1n) is 5.12. The summed E-state index contributed by atoms with van der Waals surface area (Å²) in [6.45, 7) is 0.950. The van der Waals surface area contributed by atoms with Crippen LogP contribution in [0.25, 0.3) is 0 Å². The summed E-state index contributed by atoms with van der Waals surface area (Å²) in [6, 6.07) is 9.64. The van der Waals surface area contributed by atoms with Gasteiger partial charge in [0, 0.05) is 6.20 Å². The van der Waals surface area contributed by atoms with Crippen LogP contribution in [0.15, 0.2) is 42.9 Å². The van der Waals surface area contributed by atoms with Crippen molar-refractivity contribution in [2.24, 2.45) is 0 Å². The van der Waals surface area contributed by atoms with Gasteiger partial charge in [0.25, 0.3) is 0 Å². The number of aromatic nitrogens is 2. The van der Waals surface area contributed by atoms with E-state index >= 15 is 0 Å². The smallest absolute Gasteiger partial charge is 0.230 e. The van der Waals surface area contributed by atoms with E-state index < -0.39 is 0 Å². The van der Waals surface area contributed by atoms with Crippen molar-refractivity contribution in [2.45, 2.75) is 0 Å². The second-order valence-electron chi connectivity index (χ2n) is 3.19. The van der Waals surface area contributed by atoms with Gasteiger partial charge in [-0.2, -0.15) is 0 Å². The van der Waals surface area contributed by atoms with Crippen LogP contribution in [0.4, 0.5) is 0 Å². The predicted molar refractivity (Wildman–Crippen MR) is 72.2 cm³/mol. The second kappa shape index (κ2) is 6.39. The first-order chi connectivity index (χ1) is 8.36. The Balaban J connectivity index is 1.76. The van der Waals surface area contributed by atoms with E-state index in [4.69, 9.17) is 9.47 Å². The molecule has 0 bridgehead atoms. The molecule has 1 heterocycles. The van der Waals surface area contributed by atoms with Crippen LogP contribution < -0.4 is 9.47 Å². The maximum atomic E-state index is 5.50. The Labute approximate surface area is 113 Å². The van der Waals surface area contributed by atoms with E-state index in [1.54, 1.807) is 6.20 Å². The van der Waals surface area contributed by atoms with Crippen LogP contribution in [0.5, 0.6) is 11.6 Å². The van der Waals surface area contributed by atoms with E-state index in [1.165, 1.54) is 6.33 Å². The number of rotatable bonds is 5. The van der Waals surface area contributed by atoms with Gasteiger partial charge >= 0.3 is 0 Å². The second-order valence-corrected chi connectivity index (χ2v) is 4.35. The molecular weight excluding hydrogens is 331 g/mol. The van der Waals surface area contributed by atoms with Gasteiger partial charge < -0.3 is 9.47 Å². The van der Waals surface area contributed by atoms with Crippen LogP contribution in [0.3, 0.4) is 0 Å². The standard InChI is InChI=1S/C12H11IN2O2/c13-11-8-14-9-15-12(11)17-7-6-16-10-4-2-1-3-5-10/h1-5,8-9H,6-7H2. The van der Waals surface area contributed by atoms with Gasteiger partial charge in [-0.05, 0) is 34.7 Å². The molecule has 5 heteroatoms. The van der Waals surface area contributed by atoms with Crippen LogP contribution in [0.1, 0.15) is 0 Å². The van der Waals surface area contributed by atoms with E-state index in [2.05, 4.69) is 32.6 Å². The zero-order chi connectivity index (χ0) is 11.9. The van der Waals surface area contributed by atoms with Gasteiger partial charge in [0.2, 0.25) is 5.88 Å². The summed E-state index contributed by atoms with van der Waals surface area (Å²) < 4.78 is 11.9. The monoisotopic (exact) mass is 342 g/mol. The summed E-state index contributed by atoms with van der Waals surface area (Å²) in [5.74, 6) is 1.44. The van der Waals surface area contributed by atoms with Gasteiger partial charge in [0.1, 0.15) is 25.3 Å². The highest BCUT2D eigenvalue weighted by atomic mass is 127. The lowest BCUT2D eigenvalue weighted by atomic mass is 10.3. The van der Waals surface area contributed by atoms with Gasteiger partial charge in [-0.25, -0.2) is 9.97 Å². The molecule has 0 atom stereocenters. The van der Waals surface area contributed by atoms with Crippen molar-refractivity contribution in [1.82, 2.24) is 9.97 Å². The van der Waals surface area contributed by atoms with Crippen molar-refractivity contribution in [2.75, 3.05) is 13.2 Å². The summed E-state index contributed by atoms with van der Waals surface area (Å²) in [7, 11) is 0. The molecule has 0 N–H and O–H groups in total. The molecule has 2 aromatic rings. The molecule has 0 aliphatic rings. The topological polar surface area (TPSA) is 44.2 Å².